The highest BCUT2D eigenvalue weighted by Crippen LogP contribution is 2.36. The normalized spacial score (nSPS) is 10.9. The number of hydrogen-bond acceptors (Lipinski definition) is 7. The van der Waals surface area contributed by atoms with Crippen molar-refractivity contribution in [2.45, 2.75) is 33.4 Å². The van der Waals surface area contributed by atoms with Crippen molar-refractivity contribution in [1.82, 2.24) is 10.1 Å². The van der Waals surface area contributed by atoms with Gasteiger partial charge in [-0.3, -0.25) is 5.41 Å². The molecule has 0 fully saturated rings. The highest BCUT2D eigenvalue weighted by Gasteiger charge is 2.18. The van der Waals surface area contributed by atoms with Gasteiger partial charge in [0.1, 0.15) is 12.4 Å². The summed E-state index contributed by atoms with van der Waals surface area (Å²) in [5, 5.41) is 11.9. The minimum Gasteiger partial charge on any atom is -0.490 e. The van der Waals surface area contributed by atoms with E-state index in [1.165, 1.54) is 0 Å². The monoisotopic (exact) mass is 471 g/mol. The number of nitrogen functional groups attached to an aromatic ring is 1. The molecule has 35 heavy (non-hydrogen) atoms. The van der Waals surface area contributed by atoms with E-state index in [4.69, 9.17) is 25.1 Å². The molecule has 3 aromatic carbocycles. The SMILES string of the molecule is CCOc1cc(N(Cc2nc(-c3ccccc3)no2)c2ccc(C(=N)N)cc2)ccc1OC(C)C. The van der Waals surface area contributed by atoms with Crippen LogP contribution in [0.1, 0.15) is 32.2 Å². The van der Waals surface area contributed by atoms with E-state index in [1.807, 2.05) is 98.5 Å². The van der Waals surface area contributed by atoms with Gasteiger partial charge in [-0.25, -0.2) is 0 Å². The summed E-state index contributed by atoms with van der Waals surface area (Å²) < 4.78 is 17.4. The Labute approximate surface area is 204 Å². The van der Waals surface area contributed by atoms with E-state index in [0.29, 0.717) is 41.9 Å². The maximum atomic E-state index is 7.70. The van der Waals surface area contributed by atoms with Crippen LogP contribution in [0.2, 0.25) is 0 Å². The molecular weight excluding hydrogens is 442 g/mol. The number of nitrogens with one attached hydrogen (secondary N) is 1. The van der Waals surface area contributed by atoms with Crippen molar-refractivity contribution in [3.8, 4) is 22.9 Å². The van der Waals surface area contributed by atoms with Gasteiger partial charge in [-0.15, -0.1) is 0 Å². The molecule has 8 nitrogen and oxygen atoms in total. The molecule has 0 saturated carbocycles. The largest absolute Gasteiger partial charge is 0.490 e. The lowest BCUT2D eigenvalue weighted by atomic mass is 10.1. The topological polar surface area (TPSA) is 110 Å². The highest BCUT2D eigenvalue weighted by molar-refractivity contribution is 5.95. The molecule has 0 bridgehead atoms. The molecule has 0 amide bonds. The van der Waals surface area contributed by atoms with E-state index in [-0.39, 0.29) is 11.9 Å². The lowest BCUT2D eigenvalue weighted by Gasteiger charge is -2.25. The molecular formula is C27H29N5O3. The first-order chi connectivity index (χ1) is 16.9. The summed E-state index contributed by atoms with van der Waals surface area (Å²) in [6.45, 7) is 6.73. The molecule has 0 aliphatic rings. The van der Waals surface area contributed by atoms with Gasteiger partial charge in [0, 0.05) is 28.6 Å². The molecule has 1 heterocycles. The van der Waals surface area contributed by atoms with Crippen molar-refractivity contribution < 1.29 is 14.0 Å². The summed E-state index contributed by atoms with van der Waals surface area (Å²) in [6.07, 6.45) is 0.0186. The second-order valence-corrected chi connectivity index (χ2v) is 8.16. The lowest BCUT2D eigenvalue weighted by molar-refractivity contribution is 0.224. The fraction of sp³-hybridized carbons (Fsp3) is 0.222. The van der Waals surface area contributed by atoms with Crippen LogP contribution in [0.15, 0.2) is 77.3 Å². The summed E-state index contributed by atoms with van der Waals surface area (Å²) in [5.74, 6) is 2.34. The lowest BCUT2D eigenvalue weighted by Crippen LogP contribution is -2.18. The van der Waals surface area contributed by atoms with Gasteiger partial charge in [0.2, 0.25) is 11.7 Å². The van der Waals surface area contributed by atoms with Crippen LogP contribution in [0.25, 0.3) is 11.4 Å². The number of hydrogen-bond donors (Lipinski definition) is 2. The molecule has 4 rings (SSSR count). The van der Waals surface area contributed by atoms with Crippen LogP contribution < -0.4 is 20.1 Å². The van der Waals surface area contributed by atoms with E-state index in [9.17, 15) is 0 Å². The fourth-order valence-electron chi connectivity index (χ4n) is 3.60. The van der Waals surface area contributed by atoms with Crippen molar-refractivity contribution >= 4 is 17.2 Å². The number of nitrogens with zero attached hydrogens (tertiary/aromatic N) is 3. The van der Waals surface area contributed by atoms with Crippen LogP contribution >= 0.6 is 0 Å². The smallest absolute Gasteiger partial charge is 0.246 e. The van der Waals surface area contributed by atoms with Crippen LogP contribution in [0.5, 0.6) is 11.5 Å². The molecule has 0 unspecified atom stereocenters. The number of nitrogens with two attached hydrogens (primary N) is 1. The van der Waals surface area contributed by atoms with Gasteiger partial charge in [0.15, 0.2) is 11.5 Å². The highest BCUT2D eigenvalue weighted by atomic mass is 16.5. The first-order valence-corrected chi connectivity index (χ1v) is 11.5. The number of rotatable bonds is 10. The second kappa shape index (κ2) is 10.7. The summed E-state index contributed by atoms with van der Waals surface area (Å²) in [5.41, 5.74) is 8.91. The molecule has 0 atom stereocenters. The Hall–Kier alpha value is -4.33. The minimum atomic E-state index is 0.0151. The van der Waals surface area contributed by atoms with Gasteiger partial charge in [0.05, 0.1) is 12.7 Å². The summed E-state index contributed by atoms with van der Waals surface area (Å²) in [7, 11) is 0. The molecule has 0 radical (unpaired) electrons. The van der Waals surface area contributed by atoms with Gasteiger partial charge < -0.3 is 24.6 Å². The van der Waals surface area contributed by atoms with Crippen LogP contribution in [0.4, 0.5) is 11.4 Å². The number of anilines is 2. The predicted octanol–water partition coefficient (Wildman–Crippen LogP) is 5.54. The Kier molecular flexibility index (Phi) is 7.30. The van der Waals surface area contributed by atoms with Crippen LogP contribution in [0, 0.1) is 5.41 Å². The Morgan fingerprint density at radius 3 is 2.37 bits per heavy atom. The second-order valence-electron chi connectivity index (χ2n) is 8.16. The predicted molar refractivity (Wildman–Crippen MR) is 136 cm³/mol. The van der Waals surface area contributed by atoms with E-state index in [0.717, 1.165) is 16.9 Å². The van der Waals surface area contributed by atoms with E-state index in [1.54, 1.807) is 0 Å². The van der Waals surface area contributed by atoms with Crippen molar-refractivity contribution in [2.75, 3.05) is 11.5 Å². The van der Waals surface area contributed by atoms with Crippen LogP contribution in [-0.2, 0) is 6.54 Å². The first-order valence-electron chi connectivity index (χ1n) is 11.5. The molecule has 180 valence electrons. The summed E-state index contributed by atoms with van der Waals surface area (Å²) in [6, 6.07) is 22.9. The van der Waals surface area contributed by atoms with Gasteiger partial charge in [-0.2, -0.15) is 4.98 Å². The first kappa shape index (κ1) is 23.8. The van der Waals surface area contributed by atoms with E-state index >= 15 is 0 Å². The van der Waals surface area contributed by atoms with Crippen molar-refractivity contribution in [2.24, 2.45) is 5.73 Å². The number of amidine groups is 1. The number of ether oxygens (including phenoxy) is 2. The summed E-state index contributed by atoms with van der Waals surface area (Å²) in [4.78, 5) is 6.64. The average Bonchev–Trinajstić information content (AvgIpc) is 3.33. The third-order valence-corrected chi connectivity index (χ3v) is 5.18. The molecule has 8 heteroatoms. The molecule has 1 aromatic heterocycles. The Morgan fingerprint density at radius 2 is 1.71 bits per heavy atom. The maximum absolute atomic E-state index is 7.70. The molecule has 0 aliphatic carbocycles. The standard InChI is InChI=1S/C27H29N5O3/c1-4-33-24-16-22(14-15-23(24)34-18(2)3)32(21-12-10-19(11-13-21)26(28)29)17-25-30-27(31-35-25)20-8-6-5-7-9-20/h5-16,18H,4,17H2,1-3H3,(H3,28,29). The molecule has 4 aromatic rings. The zero-order chi connectivity index (χ0) is 24.8. The Morgan fingerprint density at radius 1 is 1.00 bits per heavy atom. The van der Waals surface area contributed by atoms with Crippen LogP contribution in [-0.4, -0.2) is 28.7 Å². The minimum absolute atomic E-state index is 0.0151. The maximum Gasteiger partial charge on any atom is 0.246 e. The van der Waals surface area contributed by atoms with Gasteiger partial charge in [-0.05, 0) is 57.2 Å². The molecule has 0 spiro atoms. The van der Waals surface area contributed by atoms with Gasteiger partial charge >= 0.3 is 0 Å². The Balaban J connectivity index is 1.71. The quantitative estimate of drug-likeness (QED) is 0.231. The van der Waals surface area contributed by atoms with Gasteiger partial charge in [0.25, 0.3) is 0 Å². The van der Waals surface area contributed by atoms with Crippen molar-refractivity contribution in [1.29, 1.82) is 5.41 Å². The Bertz CT molecular complexity index is 1270. The van der Waals surface area contributed by atoms with E-state index in [2.05, 4.69) is 10.1 Å². The van der Waals surface area contributed by atoms with Gasteiger partial charge in [-0.1, -0.05) is 35.5 Å². The number of benzene rings is 3. The third-order valence-electron chi connectivity index (χ3n) is 5.18. The zero-order valence-corrected chi connectivity index (χ0v) is 20.1. The zero-order valence-electron chi connectivity index (χ0n) is 20.1. The molecule has 0 aliphatic heterocycles. The van der Waals surface area contributed by atoms with Crippen molar-refractivity contribution in [3.05, 3.63) is 84.3 Å². The average molecular weight is 472 g/mol. The molecule has 0 saturated heterocycles. The molecule has 3 N–H and O–H groups in total. The fourth-order valence-corrected chi connectivity index (χ4v) is 3.60. The van der Waals surface area contributed by atoms with Crippen molar-refractivity contribution in [3.63, 3.8) is 0 Å². The summed E-state index contributed by atoms with van der Waals surface area (Å²) >= 11 is 0. The number of aromatic nitrogens is 2. The van der Waals surface area contributed by atoms with Crippen LogP contribution in [0.3, 0.4) is 0 Å². The van der Waals surface area contributed by atoms with E-state index < -0.39 is 0 Å². The third kappa shape index (κ3) is 5.78.